The topological polar surface area (TPSA) is 118 Å². The number of aliphatic hydroxyl groups is 4. The molecule has 1 aromatic carbocycles. The molecule has 155 valence electrons. The van der Waals surface area contributed by atoms with Crippen LogP contribution in [0.4, 0.5) is 0 Å². The lowest BCUT2D eigenvalue weighted by atomic mass is 10.1. The van der Waals surface area contributed by atoms with E-state index in [0.29, 0.717) is 35.5 Å². The molecule has 0 saturated carbocycles. The molecule has 0 amide bonds. The smallest absolute Gasteiger partial charge is 0.338 e. The van der Waals surface area contributed by atoms with E-state index in [-0.39, 0.29) is 32.0 Å². The van der Waals surface area contributed by atoms with E-state index in [1.807, 2.05) is 0 Å². The van der Waals surface area contributed by atoms with Crippen LogP contribution >= 0.6 is 47.0 Å². The summed E-state index contributed by atoms with van der Waals surface area (Å²) >= 11 is 5.75. The molecular formula is C18H23O6S4. The second-order valence-electron chi connectivity index (χ2n) is 6.60. The molecule has 0 saturated heterocycles. The van der Waals surface area contributed by atoms with Crippen molar-refractivity contribution in [2.45, 2.75) is 53.4 Å². The van der Waals surface area contributed by atoms with Gasteiger partial charge in [0.15, 0.2) is 0 Å². The van der Waals surface area contributed by atoms with Crippen molar-refractivity contribution in [1.82, 2.24) is 0 Å². The summed E-state index contributed by atoms with van der Waals surface area (Å²) in [6.45, 7) is 4.01. The molecule has 2 aliphatic rings. The van der Waals surface area contributed by atoms with Crippen LogP contribution in [0, 0.1) is 6.92 Å². The number of aromatic carboxylic acids is 1. The number of hydrogen-bond acceptors (Lipinski definition) is 9. The minimum Gasteiger partial charge on any atom is -0.478 e. The van der Waals surface area contributed by atoms with Gasteiger partial charge in [-0.3, -0.25) is 0 Å². The number of carboxylic acid groups (broad SMARTS) is 1. The zero-order valence-electron chi connectivity index (χ0n) is 15.1. The number of thioether (sulfide) groups is 4. The SMILES string of the molecule is [CH2]c1c2c(c(C(=O)O)c3c1SC(CCO)(CCO)S3)SC(CCO)(CCO)S2. The second kappa shape index (κ2) is 8.97. The van der Waals surface area contributed by atoms with Crippen molar-refractivity contribution < 1.29 is 30.3 Å². The lowest BCUT2D eigenvalue weighted by Gasteiger charge is -2.26. The standard InChI is InChI=1S/C18H23O6S4/c1-10-12-14(27-17(25-12,2-6-19)3-7-20)11(16(23)24)15-13(10)26-18(28-15,4-8-21)5-9-22/h19-22H,1-9H2,(H,23,24). The largest absolute Gasteiger partial charge is 0.478 e. The molecule has 0 unspecified atom stereocenters. The van der Waals surface area contributed by atoms with Crippen LogP contribution in [-0.4, -0.2) is 66.1 Å². The molecule has 1 radical (unpaired) electrons. The summed E-state index contributed by atoms with van der Waals surface area (Å²) in [5.41, 5.74) is 0.975. The predicted octanol–water partition coefficient (Wildman–Crippen LogP) is 2.88. The maximum atomic E-state index is 12.2. The first-order valence-electron chi connectivity index (χ1n) is 8.84. The Labute approximate surface area is 180 Å². The maximum Gasteiger partial charge on any atom is 0.338 e. The van der Waals surface area contributed by atoms with E-state index < -0.39 is 14.1 Å². The van der Waals surface area contributed by atoms with Gasteiger partial charge in [0, 0.05) is 46.0 Å². The third-order valence-electron chi connectivity index (χ3n) is 4.75. The van der Waals surface area contributed by atoms with Crippen molar-refractivity contribution in [3.05, 3.63) is 18.1 Å². The molecule has 0 aromatic heterocycles. The molecule has 3 rings (SSSR count). The van der Waals surface area contributed by atoms with Crippen molar-refractivity contribution in [3.8, 4) is 0 Å². The van der Waals surface area contributed by atoms with Crippen LogP contribution < -0.4 is 0 Å². The van der Waals surface area contributed by atoms with E-state index in [1.165, 1.54) is 47.0 Å². The predicted molar refractivity (Wildman–Crippen MR) is 114 cm³/mol. The molecule has 10 heteroatoms. The first-order chi connectivity index (χ1) is 13.4. The number of hydrogen-bond donors (Lipinski definition) is 5. The van der Waals surface area contributed by atoms with Gasteiger partial charge in [0.1, 0.15) is 0 Å². The average molecular weight is 464 g/mol. The van der Waals surface area contributed by atoms with Crippen LogP contribution in [0.1, 0.15) is 41.6 Å². The molecule has 0 fully saturated rings. The summed E-state index contributed by atoms with van der Waals surface area (Å²) in [6.07, 6.45) is 1.72. The van der Waals surface area contributed by atoms with Crippen molar-refractivity contribution in [3.63, 3.8) is 0 Å². The highest BCUT2D eigenvalue weighted by Crippen LogP contribution is 2.68. The lowest BCUT2D eigenvalue weighted by Crippen LogP contribution is -2.21. The van der Waals surface area contributed by atoms with Gasteiger partial charge in [-0.15, -0.1) is 47.0 Å². The molecule has 0 aliphatic carbocycles. The van der Waals surface area contributed by atoms with Crippen molar-refractivity contribution in [1.29, 1.82) is 0 Å². The number of carbonyl (C=O) groups is 1. The summed E-state index contributed by atoms with van der Waals surface area (Å²) in [6, 6.07) is 0. The van der Waals surface area contributed by atoms with Gasteiger partial charge in [0.05, 0.1) is 13.7 Å². The molecule has 2 heterocycles. The highest BCUT2D eigenvalue weighted by molar-refractivity contribution is 8.21. The fourth-order valence-electron chi connectivity index (χ4n) is 3.44. The molecule has 0 atom stereocenters. The Balaban J connectivity index is 2.11. The minimum atomic E-state index is -1.03. The molecule has 5 N–H and O–H groups in total. The van der Waals surface area contributed by atoms with E-state index in [2.05, 4.69) is 6.92 Å². The Hall–Kier alpha value is -0.0700. The normalized spacial score (nSPS) is 18.9. The van der Waals surface area contributed by atoms with Crippen LogP contribution in [-0.2, 0) is 0 Å². The van der Waals surface area contributed by atoms with E-state index in [1.54, 1.807) is 0 Å². The first kappa shape index (κ1) is 22.6. The molecule has 0 bridgehead atoms. The van der Waals surface area contributed by atoms with Crippen molar-refractivity contribution in [2.24, 2.45) is 0 Å². The van der Waals surface area contributed by atoms with Crippen LogP contribution in [0.25, 0.3) is 0 Å². The highest BCUT2D eigenvalue weighted by Gasteiger charge is 2.48. The Bertz CT molecular complexity index is 704. The summed E-state index contributed by atoms with van der Waals surface area (Å²) in [7, 11) is 0. The summed E-state index contributed by atoms with van der Waals surface area (Å²) in [5, 5.41) is 48.0. The summed E-state index contributed by atoms with van der Waals surface area (Å²) < 4.78 is -1.03. The Morgan fingerprint density at radius 3 is 1.32 bits per heavy atom. The zero-order chi connectivity index (χ0) is 20.5. The van der Waals surface area contributed by atoms with Gasteiger partial charge < -0.3 is 25.5 Å². The van der Waals surface area contributed by atoms with Crippen molar-refractivity contribution >= 4 is 53.0 Å². The molecular weight excluding hydrogens is 440 g/mol. The Morgan fingerprint density at radius 2 is 1.04 bits per heavy atom. The van der Waals surface area contributed by atoms with Crippen LogP contribution in [0.15, 0.2) is 19.6 Å². The zero-order valence-corrected chi connectivity index (χ0v) is 18.4. The fraction of sp³-hybridized carbons (Fsp3) is 0.556. The van der Waals surface area contributed by atoms with Crippen LogP contribution in [0.3, 0.4) is 0 Å². The van der Waals surface area contributed by atoms with Crippen molar-refractivity contribution in [2.75, 3.05) is 26.4 Å². The molecule has 0 spiro atoms. The Morgan fingerprint density at radius 1 is 0.714 bits per heavy atom. The van der Waals surface area contributed by atoms with Gasteiger partial charge in [-0.2, -0.15) is 0 Å². The minimum absolute atomic E-state index is 0.0534. The number of rotatable bonds is 9. The first-order valence-corrected chi connectivity index (χ1v) is 12.1. The van der Waals surface area contributed by atoms with Gasteiger partial charge in [0.2, 0.25) is 0 Å². The quantitative estimate of drug-likeness (QED) is 0.374. The monoisotopic (exact) mass is 463 g/mol. The van der Waals surface area contributed by atoms with Gasteiger partial charge in [0.25, 0.3) is 0 Å². The van der Waals surface area contributed by atoms with Crippen LogP contribution in [0.5, 0.6) is 0 Å². The van der Waals surface area contributed by atoms with Gasteiger partial charge in [-0.1, -0.05) is 0 Å². The fourth-order valence-corrected chi connectivity index (χ4v) is 10.3. The number of benzene rings is 1. The number of aliphatic hydroxyl groups excluding tert-OH is 4. The summed E-state index contributed by atoms with van der Waals surface area (Å²) in [4.78, 5) is 15.1. The Kier molecular flexibility index (Phi) is 7.24. The van der Waals surface area contributed by atoms with E-state index >= 15 is 0 Å². The molecule has 6 nitrogen and oxygen atoms in total. The summed E-state index contributed by atoms with van der Waals surface area (Å²) in [5.74, 6) is -1.03. The third-order valence-corrected chi connectivity index (χ3v) is 11.7. The van der Waals surface area contributed by atoms with E-state index in [9.17, 15) is 30.3 Å². The molecule has 28 heavy (non-hydrogen) atoms. The highest BCUT2D eigenvalue weighted by atomic mass is 32.2. The number of fused-ring (bicyclic) bond motifs is 2. The van der Waals surface area contributed by atoms with E-state index in [0.717, 1.165) is 15.4 Å². The van der Waals surface area contributed by atoms with Crippen LogP contribution in [0.2, 0.25) is 0 Å². The lowest BCUT2D eigenvalue weighted by molar-refractivity contribution is 0.0688. The van der Waals surface area contributed by atoms with Gasteiger partial charge in [-0.25, -0.2) is 4.79 Å². The molecule has 2 aliphatic heterocycles. The second-order valence-corrected chi connectivity index (χ2v) is 12.7. The maximum absolute atomic E-state index is 12.2. The molecule has 1 aromatic rings. The number of carboxylic acids is 1. The van der Waals surface area contributed by atoms with Gasteiger partial charge >= 0.3 is 5.97 Å². The third kappa shape index (κ3) is 3.94. The van der Waals surface area contributed by atoms with E-state index in [4.69, 9.17) is 0 Å². The average Bonchev–Trinajstić information content (AvgIpc) is 3.16. The van der Waals surface area contributed by atoms with Gasteiger partial charge in [-0.05, 0) is 38.2 Å².